The summed E-state index contributed by atoms with van der Waals surface area (Å²) in [5.74, 6) is 0.189. The van der Waals surface area contributed by atoms with E-state index in [-0.39, 0.29) is 5.91 Å². The van der Waals surface area contributed by atoms with Crippen molar-refractivity contribution in [1.82, 2.24) is 9.88 Å². The molecule has 7 heteroatoms. The summed E-state index contributed by atoms with van der Waals surface area (Å²) in [6.45, 7) is 1.45. The number of piperidine rings is 1. The third-order valence-corrected chi connectivity index (χ3v) is 7.97. The molecule has 2 aliphatic rings. The van der Waals surface area contributed by atoms with Gasteiger partial charge in [0.2, 0.25) is 5.91 Å². The number of hydrogen-bond acceptors (Lipinski definition) is 2. The zero-order valence-corrected chi connectivity index (χ0v) is 22.9. The van der Waals surface area contributed by atoms with E-state index in [0.29, 0.717) is 6.42 Å². The fourth-order valence-corrected chi connectivity index (χ4v) is 6.40. The predicted molar refractivity (Wildman–Crippen MR) is 142 cm³/mol. The number of aromatic nitrogens is 2. The molecule has 2 aromatic heterocycles. The predicted octanol–water partition coefficient (Wildman–Crippen LogP) is 5.85. The molecule has 3 heterocycles. The number of carbonyl (C=O) groups is 1. The molecule has 0 unspecified atom stereocenters. The van der Waals surface area contributed by atoms with E-state index in [2.05, 4.69) is 44.0 Å². The molecule has 4 nitrogen and oxygen atoms in total. The van der Waals surface area contributed by atoms with Gasteiger partial charge in [-0.1, -0.05) is 33.1 Å². The van der Waals surface area contributed by atoms with Gasteiger partial charge in [0.1, 0.15) is 7.05 Å². The number of halogens is 3. The molecule has 0 atom stereocenters. The van der Waals surface area contributed by atoms with Gasteiger partial charge in [-0.05, 0) is 76.5 Å². The van der Waals surface area contributed by atoms with Gasteiger partial charge >= 0.3 is 0 Å². The van der Waals surface area contributed by atoms with E-state index in [1.165, 1.54) is 27.8 Å². The molecule has 0 saturated carbocycles. The van der Waals surface area contributed by atoms with Crippen LogP contribution < -0.4 is 4.57 Å². The highest BCUT2D eigenvalue weighted by Crippen LogP contribution is 2.42. The maximum atomic E-state index is 13.0. The van der Waals surface area contributed by atoms with Gasteiger partial charge in [0.05, 0.1) is 12.1 Å². The van der Waals surface area contributed by atoms with Crippen LogP contribution in [0.4, 0.5) is 0 Å². The Morgan fingerprint density at radius 1 is 1.06 bits per heavy atom. The number of benzene rings is 1. The van der Waals surface area contributed by atoms with Crippen LogP contribution in [0, 0.1) is 0 Å². The molecular weight excluding hydrogens is 578 g/mol. The lowest BCUT2D eigenvalue weighted by atomic mass is 9.88. The summed E-state index contributed by atoms with van der Waals surface area (Å²) in [7, 11) is 1.98. The lowest BCUT2D eigenvalue weighted by Gasteiger charge is -2.30. The van der Waals surface area contributed by atoms with Gasteiger partial charge in [-0.2, -0.15) is 0 Å². The molecule has 1 fully saturated rings. The Balaban J connectivity index is 1.47. The van der Waals surface area contributed by atoms with Gasteiger partial charge in [-0.15, -0.1) is 0 Å². The summed E-state index contributed by atoms with van der Waals surface area (Å²) in [5.41, 5.74) is 8.36. The molecule has 1 aliphatic carbocycles. The number of amides is 1. The fraction of sp³-hybridized carbons (Fsp3) is 0.296. The van der Waals surface area contributed by atoms with Crippen molar-refractivity contribution in [3.8, 4) is 0 Å². The second-order valence-corrected chi connectivity index (χ2v) is 11.2. The topological polar surface area (TPSA) is 37.1 Å². The zero-order valence-electron chi connectivity index (χ0n) is 19.0. The van der Waals surface area contributed by atoms with Gasteiger partial charge in [0.25, 0.3) is 0 Å². The van der Waals surface area contributed by atoms with Crippen molar-refractivity contribution in [2.24, 2.45) is 7.05 Å². The summed E-state index contributed by atoms with van der Waals surface area (Å²) in [6, 6.07) is 10.3. The van der Waals surface area contributed by atoms with Crippen molar-refractivity contribution in [3.05, 3.63) is 96.4 Å². The Hall–Kier alpha value is -2.02. The van der Waals surface area contributed by atoms with E-state index in [9.17, 15) is 4.79 Å². The molecule has 0 spiro atoms. The van der Waals surface area contributed by atoms with E-state index in [0.717, 1.165) is 64.0 Å². The first-order chi connectivity index (χ1) is 16.4. The van der Waals surface area contributed by atoms with Crippen LogP contribution in [0.1, 0.15) is 40.8 Å². The number of rotatable bonds is 2. The second kappa shape index (κ2) is 9.92. The minimum atomic E-state index is 0.189. The molecule has 1 aromatic carbocycles. The SMILES string of the molecule is C[n+]1ccc(CC(=O)N2CCC(=C3c4ncc(Br)cc4CCc4cc(Cl)cc(Br)c43)CC2)cc1. The van der Waals surface area contributed by atoms with Crippen molar-refractivity contribution in [2.45, 2.75) is 32.1 Å². The first-order valence-corrected chi connectivity index (χ1v) is 13.4. The number of carbonyl (C=O) groups excluding carboxylic acids is 1. The van der Waals surface area contributed by atoms with E-state index in [1.807, 2.05) is 53.3 Å². The Morgan fingerprint density at radius 2 is 1.76 bits per heavy atom. The molecule has 0 radical (unpaired) electrons. The highest BCUT2D eigenvalue weighted by molar-refractivity contribution is 9.10. The first kappa shape index (κ1) is 23.7. The first-order valence-electron chi connectivity index (χ1n) is 11.5. The maximum absolute atomic E-state index is 13.0. The van der Waals surface area contributed by atoms with Crippen molar-refractivity contribution in [1.29, 1.82) is 0 Å². The molecular formula is C27H25Br2ClN3O+. The van der Waals surface area contributed by atoms with E-state index in [4.69, 9.17) is 16.6 Å². The van der Waals surface area contributed by atoms with Gasteiger partial charge in [-0.25, -0.2) is 4.57 Å². The Bertz CT molecular complexity index is 1290. The van der Waals surface area contributed by atoms with E-state index in [1.54, 1.807) is 0 Å². The van der Waals surface area contributed by atoms with Crippen molar-refractivity contribution in [3.63, 3.8) is 0 Å². The lowest BCUT2D eigenvalue weighted by molar-refractivity contribution is -0.671. The normalized spacial score (nSPS) is 15.6. The molecule has 0 bridgehead atoms. The lowest BCUT2D eigenvalue weighted by Crippen LogP contribution is -2.37. The summed E-state index contributed by atoms with van der Waals surface area (Å²) >= 11 is 13.8. The van der Waals surface area contributed by atoms with E-state index < -0.39 is 0 Å². The monoisotopic (exact) mass is 600 g/mol. The smallest absolute Gasteiger partial charge is 0.227 e. The summed E-state index contributed by atoms with van der Waals surface area (Å²) < 4.78 is 3.98. The van der Waals surface area contributed by atoms with Gasteiger partial charge in [-0.3, -0.25) is 9.78 Å². The third-order valence-electron chi connectivity index (χ3n) is 6.70. The van der Waals surface area contributed by atoms with Gasteiger partial charge < -0.3 is 4.90 Å². The Morgan fingerprint density at radius 3 is 2.50 bits per heavy atom. The van der Waals surface area contributed by atoms with Gasteiger partial charge in [0.15, 0.2) is 12.4 Å². The second-order valence-electron chi connectivity index (χ2n) is 8.99. The van der Waals surface area contributed by atoms with Crippen LogP contribution in [0.2, 0.25) is 5.02 Å². The maximum Gasteiger partial charge on any atom is 0.227 e. The molecule has 1 amide bonds. The highest BCUT2D eigenvalue weighted by Gasteiger charge is 2.28. The average molecular weight is 603 g/mol. The highest BCUT2D eigenvalue weighted by atomic mass is 79.9. The molecule has 5 rings (SSSR count). The molecule has 174 valence electrons. The molecule has 1 aliphatic heterocycles. The van der Waals surface area contributed by atoms with Crippen LogP contribution in [0.3, 0.4) is 0 Å². The van der Waals surface area contributed by atoms with Crippen LogP contribution >= 0.6 is 43.5 Å². The van der Waals surface area contributed by atoms with Crippen molar-refractivity contribution >= 4 is 54.9 Å². The number of nitrogens with zero attached hydrogens (tertiary/aromatic N) is 3. The quantitative estimate of drug-likeness (QED) is 0.345. The third kappa shape index (κ3) is 4.86. The van der Waals surface area contributed by atoms with Crippen molar-refractivity contribution < 1.29 is 9.36 Å². The largest absolute Gasteiger partial charge is 0.342 e. The van der Waals surface area contributed by atoms with Crippen LogP contribution in [-0.4, -0.2) is 28.9 Å². The Kier molecular flexibility index (Phi) is 6.92. The standard InChI is InChI=1S/C27H25Br2ClN3O/c1-32-8-4-17(5-9-32)12-24(34)33-10-6-18(7-11-33)26-25-19(14-22(30)15-23(25)29)2-3-20-13-21(28)16-31-27(20)26/h4-5,8-9,13-16H,2-3,6-7,10-12H2,1H3/q+1. The number of pyridine rings is 2. The summed E-state index contributed by atoms with van der Waals surface area (Å²) in [4.78, 5) is 19.9. The molecule has 34 heavy (non-hydrogen) atoms. The number of likely N-dealkylation sites (tertiary alicyclic amines) is 1. The zero-order chi connectivity index (χ0) is 23.8. The average Bonchev–Trinajstić information content (AvgIpc) is 2.97. The van der Waals surface area contributed by atoms with Crippen LogP contribution in [0.25, 0.3) is 5.57 Å². The fourth-order valence-electron chi connectivity index (χ4n) is 4.95. The molecule has 3 aromatic rings. The van der Waals surface area contributed by atoms with Gasteiger partial charge in [0, 0.05) is 56.5 Å². The summed E-state index contributed by atoms with van der Waals surface area (Å²) in [6.07, 6.45) is 9.81. The summed E-state index contributed by atoms with van der Waals surface area (Å²) in [5, 5.41) is 0.741. The number of fused-ring (bicyclic) bond motifs is 2. The van der Waals surface area contributed by atoms with Crippen LogP contribution in [0.15, 0.2) is 63.4 Å². The number of hydrogen-bond donors (Lipinski definition) is 0. The molecule has 1 saturated heterocycles. The van der Waals surface area contributed by atoms with Crippen molar-refractivity contribution in [2.75, 3.05) is 13.1 Å². The molecule has 0 N–H and O–H groups in total. The van der Waals surface area contributed by atoms with Crippen LogP contribution in [0.5, 0.6) is 0 Å². The minimum absolute atomic E-state index is 0.189. The Labute approximate surface area is 221 Å². The van der Waals surface area contributed by atoms with E-state index >= 15 is 0 Å². The number of aryl methyl sites for hydroxylation is 3. The minimum Gasteiger partial charge on any atom is -0.342 e. The van der Waals surface area contributed by atoms with Crippen LogP contribution in [-0.2, 0) is 31.1 Å².